The number of hydrogen-bond donors (Lipinski definition) is 2. The third-order valence-electron chi connectivity index (χ3n) is 2.71. The van der Waals surface area contributed by atoms with Gasteiger partial charge in [0.05, 0.1) is 13.2 Å². The van der Waals surface area contributed by atoms with Gasteiger partial charge in [0.15, 0.2) is 0 Å². The molecule has 18 heavy (non-hydrogen) atoms. The van der Waals surface area contributed by atoms with Gasteiger partial charge in [0.25, 0.3) is 0 Å². The van der Waals surface area contributed by atoms with Crippen LogP contribution in [0, 0.1) is 6.92 Å². The number of aromatic nitrogens is 2. The first-order valence-corrected chi connectivity index (χ1v) is 5.64. The van der Waals surface area contributed by atoms with E-state index in [1.54, 1.807) is 19.5 Å². The zero-order chi connectivity index (χ0) is 13.0. The van der Waals surface area contributed by atoms with Gasteiger partial charge in [-0.05, 0) is 36.8 Å². The van der Waals surface area contributed by atoms with Gasteiger partial charge in [0.2, 0.25) is 0 Å². The lowest BCUT2D eigenvalue weighted by molar-refractivity contribution is 0.400. The fraction of sp³-hybridized carbons (Fsp3) is 0.231. The van der Waals surface area contributed by atoms with Gasteiger partial charge in [-0.25, -0.2) is 5.43 Å². The van der Waals surface area contributed by atoms with Crippen molar-refractivity contribution in [1.82, 2.24) is 15.4 Å². The van der Waals surface area contributed by atoms with Crippen LogP contribution < -0.4 is 16.0 Å². The molecule has 0 saturated heterocycles. The Labute approximate surface area is 106 Å². The van der Waals surface area contributed by atoms with Crippen molar-refractivity contribution < 1.29 is 4.74 Å². The number of aryl methyl sites for hydroxylation is 1. The van der Waals surface area contributed by atoms with E-state index < -0.39 is 0 Å². The van der Waals surface area contributed by atoms with Gasteiger partial charge in [0.1, 0.15) is 11.4 Å². The van der Waals surface area contributed by atoms with E-state index in [1.165, 1.54) is 0 Å². The molecular weight excluding hydrogens is 228 g/mol. The van der Waals surface area contributed by atoms with Crippen molar-refractivity contribution in [3.8, 4) is 5.75 Å². The predicted octanol–water partition coefficient (Wildman–Crippen LogP) is 1.35. The number of nitrogens with two attached hydrogens (primary N) is 1. The minimum absolute atomic E-state index is 0.220. The maximum absolute atomic E-state index is 5.64. The molecule has 1 unspecified atom stereocenters. The van der Waals surface area contributed by atoms with E-state index in [4.69, 9.17) is 10.6 Å². The van der Waals surface area contributed by atoms with E-state index in [2.05, 4.69) is 15.4 Å². The first-order chi connectivity index (χ1) is 8.76. The van der Waals surface area contributed by atoms with Crippen LogP contribution in [0.1, 0.15) is 23.0 Å². The summed E-state index contributed by atoms with van der Waals surface area (Å²) < 4.78 is 5.31. The van der Waals surface area contributed by atoms with Gasteiger partial charge < -0.3 is 4.74 Å². The molecule has 5 nitrogen and oxygen atoms in total. The van der Waals surface area contributed by atoms with Crippen LogP contribution in [-0.4, -0.2) is 17.1 Å². The molecule has 94 valence electrons. The number of nitrogens with zero attached hydrogens (tertiary/aromatic N) is 2. The summed E-state index contributed by atoms with van der Waals surface area (Å²) in [5.41, 5.74) is 5.46. The Hall–Kier alpha value is -1.98. The Balaban J connectivity index is 2.45. The van der Waals surface area contributed by atoms with Crippen LogP contribution in [0.25, 0.3) is 0 Å². The molecule has 0 aliphatic rings. The maximum atomic E-state index is 5.64. The largest absolute Gasteiger partial charge is 0.495 e. The maximum Gasteiger partial charge on any atom is 0.142 e. The van der Waals surface area contributed by atoms with Crippen LogP contribution in [0.3, 0.4) is 0 Å². The summed E-state index contributed by atoms with van der Waals surface area (Å²) in [6.45, 7) is 1.94. The van der Waals surface area contributed by atoms with Crippen molar-refractivity contribution >= 4 is 0 Å². The smallest absolute Gasteiger partial charge is 0.142 e. The minimum Gasteiger partial charge on any atom is -0.495 e. The molecule has 0 amide bonds. The van der Waals surface area contributed by atoms with Crippen molar-refractivity contribution in [1.29, 1.82) is 0 Å². The molecule has 2 aromatic rings. The molecule has 2 aromatic heterocycles. The van der Waals surface area contributed by atoms with E-state index in [1.807, 2.05) is 31.2 Å². The van der Waals surface area contributed by atoms with E-state index in [0.717, 1.165) is 17.0 Å². The molecule has 2 heterocycles. The average Bonchev–Trinajstić information content (AvgIpc) is 2.40. The zero-order valence-corrected chi connectivity index (χ0v) is 10.4. The van der Waals surface area contributed by atoms with Crippen LogP contribution in [0.2, 0.25) is 0 Å². The van der Waals surface area contributed by atoms with E-state index >= 15 is 0 Å². The molecule has 0 fully saturated rings. The summed E-state index contributed by atoms with van der Waals surface area (Å²) in [6.07, 6.45) is 3.47. The van der Waals surface area contributed by atoms with Gasteiger partial charge in [-0.15, -0.1) is 0 Å². The van der Waals surface area contributed by atoms with E-state index in [0.29, 0.717) is 5.75 Å². The number of nitrogens with one attached hydrogen (secondary N) is 1. The number of pyridine rings is 2. The second-order valence-corrected chi connectivity index (χ2v) is 3.92. The molecule has 2 rings (SSSR count). The van der Waals surface area contributed by atoms with Crippen molar-refractivity contribution in [3.05, 3.63) is 53.6 Å². The minimum atomic E-state index is -0.220. The summed E-state index contributed by atoms with van der Waals surface area (Å²) >= 11 is 0. The topological polar surface area (TPSA) is 73.1 Å². The molecule has 0 aliphatic heterocycles. The molecule has 0 radical (unpaired) electrons. The molecule has 0 aliphatic carbocycles. The van der Waals surface area contributed by atoms with Crippen molar-refractivity contribution in [2.75, 3.05) is 7.11 Å². The Kier molecular flexibility index (Phi) is 3.86. The van der Waals surface area contributed by atoms with E-state index in [-0.39, 0.29) is 6.04 Å². The number of methoxy groups -OCH3 is 1. The lowest BCUT2D eigenvalue weighted by atomic mass is 10.0. The van der Waals surface area contributed by atoms with Gasteiger partial charge in [-0.1, -0.05) is 0 Å². The van der Waals surface area contributed by atoms with Gasteiger partial charge in [-0.3, -0.25) is 15.8 Å². The standard InChI is InChI=1S/C13H16N4O/c1-9-8-10(5-7-15-9)12(17-14)13-11(18-2)4-3-6-16-13/h3-8,12,17H,14H2,1-2H3. The zero-order valence-electron chi connectivity index (χ0n) is 10.4. The highest BCUT2D eigenvalue weighted by Gasteiger charge is 2.18. The first-order valence-electron chi connectivity index (χ1n) is 5.64. The van der Waals surface area contributed by atoms with Crippen molar-refractivity contribution in [2.24, 2.45) is 5.84 Å². The third kappa shape index (κ3) is 2.47. The fourth-order valence-electron chi connectivity index (χ4n) is 1.87. The molecule has 3 N–H and O–H groups in total. The predicted molar refractivity (Wildman–Crippen MR) is 68.9 cm³/mol. The summed E-state index contributed by atoms with van der Waals surface area (Å²) in [5, 5.41) is 0. The van der Waals surface area contributed by atoms with Gasteiger partial charge >= 0.3 is 0 Å². The highest BCUT2D eigenvalue weighted by Crippen LogP contribution is 2.27. The van der Waals surface area contributed by atoms with Crippen LogP contribution in [-0.2, 0) is 0 Å². The third-order valence-corrected chi connectivity index (χ3v) is 2.71. The second kappa shape index (κ2) is 5.57. The van der Waals surface area contributed by atoms with Crippen LogP contribution in [0.4, 0.5) is 0 Å². The lowest BCUT2D eigenvalue weighted by Crippen LogP contribution is -2.30. The van der Waals surface area contributed by atoms with Crippen LogP contribution >= 0.6 is 0 Å². The van der Waals surface area contributed by atoms with Crippen LogP contribution in [0.15, 0.2) is 36.7 Å². The average molecular weight is 244 g/mol. The summed E-state index contributed by atoms with van der Waals surface area (Å²) in [6, 6.07) is 7.35. The van der Waals surface area contributed by atoms with Crippen LogP contribution in [0.5, 0.6) is 5.75 Å². The second-order valence-electron chi connectivity index (χ2n) is 3.92. The van der Waals surface area contributed by atoms with Gasteiger partial charge in [0, 0.05) is 18.1 Å². The molecule has 0 aromatic carbocycles. The fourth-order valence-corrected chi connectivity index (χ4v) is 1.87. The highest BCUT2D eigenvalue weighted by atomic mass is 16.5. The normalized spacial score (nSPS) is 12.2. The quantitative estimate of drug-likeness (QED) is 0.627. The SMILES string of the molecule is COc1cccnc1C(NN)c1ccnc(C)c1. The van der Waals surface area contributed by atoms with E-state index in [9.17, 15) is 0 Å². The molecule has 0 spiro atoms. The lowest BCUT2D eigenvalue weighted by Gasteiger charge is -2.18. The Morgan fingerprint density at radius 2 is 2.11 bits per heavy atom. The summed E-state index contributed by atoms with van der Waals surface area (Å²) in [7, 11) is 1.62. The number of rotatable bonds is 4. The Morgan fingerprint density at radius 1 is 1.28 bits per heavy atom. The molecule has 1 atom stereocenters. The summed E-state index contributed by atoms with van der Waals surface area (Å²) in [5.74, 6) is 6.35. The molecule has 5 heteroatoms. The highest BCUT2D eigenvalue weighted by molar-refractivity contribution is 5.36. The monoisotopic (exact) mass is 244 g/mol. The van der Waals surface area contributed by atoms with Crippen molar-refractivity contribution in [3.63, 3.8) is 0 Å². The Morgan fingerprint density at radius 3 is 2.78 bits per heavy atom. The molecular formula is C13H16N4O. The Bertz CT molecular complexity index is 530. The summed E-state index contributed by atoms with van der Waals surface area (Å²) in [4.78, 5) is 8.51. The molecule has 0 saturated carbocycles. The first kappa shape index (κ1) is 12.5. The number of hydrogen-bond acceptors (Lipinski definition) is 5. The number of hydrazine groups is 1. The van der Waals surface area contributed by atoms with Crippen molar-refractivity contribution in [2.45, 2.75) is 13.0 Å². The van der Waals surface area contributed by atoms with Gasteiger partial charge in [-0.2, -0.15) is 0 Å². The number of ether oxygens (including phenoxy) is 1. The molecule has 0 bridgehead atoms.